The highest BCUT2D eigenvalue weighted by Gasteiger charge is 2.05. The zero-order valence-corrected chi connectivity index (χ0v) is 12.6. The molecule has 2 aromatic rings. The van der Waals surface area contributed by atoms with Gasteiger partial charge in [-0.15, -0.1) is 0 Å². The standard InChI is InChI=1S/C16H16ClNO3/c1-11-9-14(7-8-15(11)17)21-10-16(19)18-12-3-5-13(20-2)6-4-12/h3-9H,10H2,1-2H3,(H,18,19). The first kappa shape index (κ1) is 15.2. The smallest absolute Gasteiger partial charge is 0.262 e. The third kappa shape index (κ3) is 4.39. The Kier molecular flexibility index (Phi) is 5.06. The van der Waals surface area contributed by atoms with Crippen molar-refractivity contribution in [3.63, 3.8) is 0 Å². The van der Waals surface area contributed by atoms with Crippen LogP contribution < -0.4 is 14.8 Å². The van der Waals surface area contributed by atoms with Crippen molar-refractivity contribution < 1.29 is 14.3 Å². The number of ether oxygens (including phenoxy) is 2. The summed E-state index contributed by atoms with van der Waals surface area (Å²) in [5.74, 6) is 1.12. The molecule has 5 heteroatoms. The van der Waals surface area contributed by atoms with Crippen LogP contribution in [-0.4, -0.2) is 19.6 Å². The van der Waals surface area contributed by atoms with Gasteiger partial charge in [-0.2, -0.15) is 0 Å². The Morgan fingerprint density at radius 3 is 2.43 bits per heavy atom. The maximum Gasteiger partial charge on any atom is 0.262 e. The van der Waals surface area contributed by atoms with Crippen LogP contribution in [0.3, 0.4) is 0 Å². The van der Waals surface area contributed by atoms with E-state index in [0.717, 1.165) is 11.3 Å². The molecular weight excluding hydrogens is 290 g/mol. The topological polar surface area (TPSA) is 47.6 Å². The minimum Gasteiger partial charge on any atom is -0.497 e. The van der Waals surface area contributed by atoms with Crippen molar-refractivity contribution in [2.75, 3.05) is 19.0 Å². The minimum absolute atomic E-state index is 0.0624. The van der Waals surface area contributed by atoms with E-state index in [1.54, 1.807) is 49.6 Å². The molecular formula is C16H16ClNO3. The van der Waals surface area contributed by atoms with Crippen LogP contribution in [0, 0.1) is 6.92 Å². The summed E-state index contributed by atoms with van der Waals surface area (Å²) in [5, 5.41) is 3.42. The summed E-state index contributed by atoms with van der Waals surface area (Å²) in [6, 6.07) is 12.4. The second-order valence-electron chi connectivity index (χ2n) is 4.48. The fraction of sp³-hybridized carbons (Fsp3) is 0.188. The van der Waals surface area contributed by atoms with Gasteiger partial charge >= 0.3 is 0 Å². The van der Waals surface area contributed by atoms with E-state index in [-0.39, 0.29) is 12.5 Å². The predicted molar refractivity (Wildman–Crippen MR) is 83.3 cm³/mol. The molecule has 2 rings (SSSR count). The van der Waals surface area contributed by atoms with Gasteiger partial charge in [0.15, 0.2) is 6.61 Å². The van der Waals surface area contributed by atoms with Gasteiger partial charge in [-0.05, 0) is 55.0 Å². The average Bonchev–Trinajstić information content (AvgIpc) is 2.49. The lowest BCUT2D eigenvalue weighted by molar-refractivity contribution is -0.118. The molecule has 0 aromatic heterocycles. The number of carbonyl (C=O) groups is 1. The number of rotatable bonds is 5. The molecule has 2 aromatic carbocycles. The molecule has 110 valence electrons. The van der Waals surface area contributed by atoms with Crippen molar-refractivity contribution in [3.8, 4) is 11.5 Å². The molecule has 0 aliphatic carbocycles. The van der Waals surface area contributed by atoms with Crippen LogP contribution in [0.4, 0.5) is 5.69 Å². The van der Waals surface area contributed by atoms with Gasteiger partial charge in [-0.1, -0.05) is 11.6 Å². The van der Waals surface area contributed by atoms with E-state index in [2.05, 4.69) is 5.32 Å². The second-order valence-corrected chi connectivity index (χ2v) is 4.88. The normalized spacial score (nSPS) is 10.0. The Morgan fingerprint density at radius 2 is 1.81 bits per heavy atom. The summed E-state index contributed by atoms with van der Waals surface area (Å²) in [6.07, 6.45) is 0. The Balaban J connectivity index is 1.87. The SMILES string of the molecule is COc1ccc(NC(=O)COc2ccc(Cl)c(C)c2)cc1. The molecule has 0 heterocycles. The summed E-state index contributed by atoms with van der Waals surface area (Å²) in [6.45, 7) is 1.82. The summed E-state index contributed by atoms with van der Waals surface area (Å²) in [7, 11) is 1.59. The van der Waals surface area contributed by atoms with Crippen LogP contribution >= 0.6 is 11.6 Å². The highest BCUT2D eigenvalue weighted by Crippen LogP contribution is 2.21. The van der Waals surface area contributed by atoms with E-state index in [9.17, 15) is 4.79 Å². The summed E-state index contributed by atoms with van der Waals surface area (Å²) >= 11 is 5.93. The molecule has 0 bridgehead atoms. The first-order chi connectivity index (χ1) is 10.1. The number of aryl methyl sites for hydroxylation is 1. The number of amides is 1. The molecule has 0 unspecified atom stereocenters. The van der Waals surface area contributed by atoms with Crippen LogP contribution in [-0.2, 0) is 4.79 Å². The van der Waals surface area contributed by atoms with Gasteiger partial charge in [0.2, 0.25) is 0 Å². The number of halogens is 1. The zero-order chi connectivity index (χ0) is 15.2. The van der Waals surface area contributed by atoms with Gasteiger partial charge in [0.05, 0.1) is 7.11 Å². The van der Waals surface area contributed by atoms with Crippen molar-refractivity contribution in [3.05, 3.63) is 53.1 Å². The molecule has 0 aliphatic rings. The first-order valence-corrected chi connectivity index (χ1v) is 6.79. The van der Waals surface area contributed by atoms with Crippen LogP contribution in [0.15, 0.2) is 42.5 Å². The van der Waals surface area contributed by atoms with Crippen molar-refractivity contribution in [2.24, 2.45) is 0 Å². The van der Waals surface area contributed by atoms with Crippen LogP contribution in [0.5, 0.6) is 11.5 Å². The molecule has 4 nitrogen and oxygen atoms in total. The van der Waals surface area contributed by atoms with Gasteiger partial charge < -0.3 is 14.8 Å². The third-order valence-corrected chi connectivity index (χ3v) is 3.30. The number of hydrogen-bond acceptors (Lipinski definition) is 3. The molecule has 0 fully saturated rings. The molecule has 0 atom stereocenters. The van der Waals surface area contributed by atoms with E-state index >= 15 is 0 Å². The van der Waals surface area contributed by atoms with E-state index < -0.39 is 0 Å². The molecule has 1 N–H and O–H groups in total. The predicted octanol–water partition coefficient (Wildman–Crippen LogP) is 3.67. The number of nitrogens with one attached hydrogen (secondary N) is 1. The molecule has 21 heavy (non-hydrogen) atoms. The van der Waals surface area contributed by atoms with E-state index in [0.29, 0.717) is 16.5 Å². The molecule has 0 spiro atoms. The van der Waals surface area contributed by atoms with Gasteiger partial charge in [0.1, 0.15) is 11.5 Å². The second kappa shape index (κ2) is 6.99. The highest BCUT2D eigenvalue weighted by molar-refractivity contribution is 6.31. The number of hydrogen-bond donors (Lipinski definition) is 1. The maximum absolute atomic E-state index is 11.8. The van der Waals surface area contributed by atoms with Gasteiger partial charge in [0.25, 0.3) is 5.91 Å². The fourth-order valence-corrected chi connectivity index (χ4v) is 1.84. The summed E-state index contributed by atoms with van der Waals surface area (Å²) < 4.78 is 10.5. The molecule has 0 aliphatic heterocycles. The van der Waals surface area contributed by atoms with E-state index in [4.69, 9.17) is 21.1 Å². The maximum atomic E-state index is 11.8. The zero-order valence-electron chi connectivity index (χ0n) is 11.9. The Hall–Kier alpha value is -2.20. The van der Waals surface area contributed by atoms with Crippen molar-refractivity contribution >= 4 is 23.2 Å². The quantitative estimate of drug-likeness (QED) is 0.916. The van der Waals surface area contributed by atoms with Crippen LogP contribution in [0.1, 0.15) is 5.56 Å². The molecule has 1 amide bonds. The minimum atomic E-state index is -0.229. The lowest BCUT2D eigenvalue weighted by Crippen LogP contribution is -2.20. The molecule has 0 radical (unpaired) electrons. The van der Waals surface area contributed by atoms with Gasteiger partial charge in [0, 0.05) is 10.7 Å². The van der Waals surface area contributed by atoms with E-state index in [1.165, 1.54) is 0 Å². The fourth-order valence-electron chi connectivity index (χ4n) is 1.73. The largest absolute Gasteiger partial charge is 0.497 e. The number of methoxy groups -OCH3 is 1. The van der Waals surface area contributed by atoms with Crippen LogP contribution in [0.25, 0.3) is 0 Å². The summed E-state index contributed by atoms with van der Waals surface area (Å²) in [5.41, 5.74) is 1.60. The number of anilines is 1. The Labute approximate surface area is 128 Å². The number of carbonyl (C=O) groups excluding carboxylic acids is 1. The van der Waals surface area contributed by atoms with Crippen molar-refractivity contribution in [2.45, 2.75) is 6.92 Å². The van der Waals surface area contributed by atoms with Crippen molar-refractivity contribution in [1.82, 2.24) is 0 Å². The third-order valence-electron chi connectivity index (χ3n) is 2.87. The Morgan fingerprint density at radius 1 is 1.14 bits per heavy atom. The highest BCUT2D eigenvalue weighted by atomic mass is 35.5. The summed E-state index contributed by atoms with van der Waals surface area (Å²) in [4.78, 5) is 11.8. The lowest BCUT2D eigenvalue weighted by Gasteiger charge is -2.09. The lowest BCUT2D eigenvalue weighted by atomic mass is 10.2. The van der Waals surface area contributed by atoms with Gasteiger partial charge in [-0.25, -0.2) is 0 Å². The molecule has 0 saturated carbocycles. The Bertz CT molecular complexity index is 626. The van der Waals surface area contributed by atoms with Gasteiger partial charge in [-0.3, -0.25) is 4.79 Å². The average molecular weight is 306 g/mol. The van der Waals surface area contributed by atoms with E-state index in [1.807, 2.05) is 6.92 Å². The van der Waals surface area contributed by atoms with Crippen LogP contribution in [0.2, 0.25) is 5.02 Å². The monoisotopic (exact) mass is 305 g/mol. The van der Waals surface area contributed by atoms with Crippen molar-refractivity contribution in [1.29, 1.82) is 0 Å². The molecule has 0 saturated heterocycles. The number of benzene rings is 2. The first-order valence-electron chi connectivity index (χ1n) is 6.41.